The Bertz CT molecular complexity index is 459. The van der Waals surface area contributed by atoms with Gasteiger partial charge in [-0.15, -0.1) is 0 Å². The first-order valence-corrected chi connectivity index (χ1v) is 4.85. The molecule has 0 saturated heterocycles. The first-order chi connectivity index (χ1) is 8.29. The Morgan fingerprint density at radius 2 is 1.94 bits per heavy atom. The van der Waals surface area contributed by atoms with Gasteiger partial charge in [0.25, 0.3) is 0 Å². The van der Waals surface area contributed by atoms with Crippen molar-refractivity contribution in [2.24, 2.45) is 0 Å². The third kappa shape index (κ3) is 2.79. The Labute approximate surface area is 101 Å². The van der Waals surface area contributed by atoms with Crippen LogP contribution in [0.3, 0.4) is 0 Å². The van der Waals surface area contributed by atoms with E-state index in [2.05, 4.69) is 0 Å². The van der Waals surface area contributed by atoms with Gasteiger partial charge in [0.2, 0.25) is 6.41 Å². The zero-order valence-corrected chi connectivity index (χ0v) is 9.31. The maximum atomic E-state index is 12.7. The number of halogens is 3. The predicted octanol–water partition coefficient (Wildman–Crippen LogP) is 1.92. The minimum absolute atomic E-state index is 0.173. The van der Waals surface area contributed by atoms with E-state index in [0.29, 0.717) is 4.90 Å². The number of hydrogen-bond donors (Lipinski definition) is 1. The van der Waals surface area contributed by atoms with Crippen molar-refractivity contribution >= 4 is 12.4 Å². The molecule has 0 saturated carbocycles. The van der Waals surface area contributed by atoms with E-state index in [1.54, 1.807) is 0 Å². The van der Waals surface area contributed by atoms with E-state index >= 15 is 0 Å². The van der Waals surface area contributed by atoms with Crippen LogP contribution < -0.4 is 0 Å². The molecule has 0 aliphatic rings. The molecular formula is C11H10F3NO3. The van der Waals surface area contributed by atoms with Crippen molar-refractivity contribution in [1.82, 2.24) is 4.90 Å². The van der Waals surface area contributed by atoms with E-state index in [4.69, 9.17) is 5.11 Å². The lowest BCUT2D eigenvalue weighted by atomic mass is 9.99. The van der Waals surface area contributed by atoms with E-state index < -0.39 is 29.3 Å². The Morgan fingerprint density at radius 1 is 1.39 bits per heavy atom. The molecule has 1 rings (SSSR count). The number of likely N-dealkylation sites (N-methyl/N-ethyl adjacent to an activating group) is 1. The van der Waals surface area contributed by atoms with Gasteiger partial charge < -0.3 is 10.0 Å². The number of benzene rings is 1. The molecule has 0 fully saturated rings. The number of amides is 1. The smallest absolute Gasteiger partial charge is 0.416 e. The van der Waals surface area contributed by atoms with Crippen molar-refractivity contribution < 1.29 is 27.9 Å². The van der Waals surface area contributed by atoms with E-state index in [9.17, 15) is 22.8 Å². The minimum atomic E-state index is -4.67. The Morgan fingerprint density at radius 3 is 2.39 bits per heavy atom. The maximum absolute atomic E-state index is 12.7. The van der Waals surface area contributed by atoms with Crippen LogP contribution in [-0.2, 0) is 15.8 Å². The summed E-state index contributed by atoms with van der Waals surface area (Å²) >= 11 is 0. The van der Waals surface area contributed by atoms with Crippen molar-refractivity contribution in [2.75, 3.05) is 7.05 Å². The first-order valence-electron chi connectivity index (χ1n) is 4.85. The van der Waals surface area contributed by atoms with Crippen LogP contribution in [0.1, 0.15) is 17.2 Å². The van der Waals surface area contributed by atoms with Gasteiger partial charge >= 0.3 is 12.1 Å². The highest BCUT2D eigenvalue weighted by Gasteiger charge is 2.37. The fourth-order valence-electron chi connectivity index (χ4n) is 1.58. The molecule has 1 aromatic rings. The zero-order chi connectivity index (χ0) is 13.9. The molecule has 18 heavy (non-hydrogen) atoms. The van der Waals surface area contributed by atoms with Crippen LogP contribution in [0, 0.1) is 0 Å². The molecule has 0 heterocycles. The number of aliphatic carboxylic acids is 1. The van der Waals surface area contributed by atoms with Crippen molar-refractivity contribution in [2.45, 2.75) is 12.2 Å². The molecule has 4 nitrogen and oxygen atoms in total. The van der Waals surface area contributed by atoms with Crippen molar-refractivity contribution in [3.63, 3.8) is 0 Å². The van der Waals surface area contributed by atoms with E-state index in [1.807, 2.05) is 0 Å². The van der Waals surface area contributed by atoms with E-state index in [-0.39, 0.29) is 6.41 Å². The highest BCUT2D eigenvalue weighted by atomic mass is 19.4. The summed E-state index contributed by atoms with van der Waals surface area (Å²) in [5.74, 6) is -1.53. The van der Waals surface area contributed by atoms with E-state index in [0.717, 1.165) is 25.2 Å². The fraction of sp³-hybridized carbons (Fsp3) is 0.273. The number of carbonyl (C=O) groups is 2. The van der Waals surface area contributed by atoms with Crippen molar-refractivity contribution in [3.05, 3.63) is 35.4 Å². The molecule has 1 amide bonds. The summed E-state index contributed by atoms with van der Waals surface area (Å²) in [4.78, 5) is 22.3. The second-order valence-electron chi connectivity index (χ2n) is 3.60. The molecule has 1 N–H and O–H groups in total. The number of carboxylic acids is 1. The van der Waals surface area contributed by atoms with Crippen LogP contribution in [0.25, 0.3) is 0 Å². The summed E-state index contributed by atoms with van der Waals surface area (Å²) in [5.41, 5.74) is -1.53. The van der Waals surface area contributed by atoms with Crippen LogP contribution >= 0.6 is 0 Å². The molecule has 0 radical (unpaired) electrons. The molecule has 0 aromatic heterocycles. The van der Waals surface area contributed by atoms with Crippen LogP contribution in [0.2, 0.25) is 0 Å². The minimum Gasteiger partial charge on any atom is -0.479 e. The number of hydrogen-bond acceptors (Lipinski definition) is 2. The topological polar surface area (TPSA) is 57.6 Å². The number of carboxylic acid groups (broad SMARTS) is 1. The quantitative estimate of drug-likeness (QED) is 0.842. The van der Waals surface area contributed by atoms with Crippen molar-refractivity contribution in [1.29, 1.82) is 0 Å². The highest BCUT2D eigenvalue weighted by Crippen LogP contribution is 2.35. The normalized spacial score (nSPS) is 12.9. The monoisotopic (exact) mass is 261 g/mol. The SMILES string of the molecule is CN(C=O)C(C(=O)O)c1ccccc1C(F)(F)F. The Kier molecular flexibility index (Phi) is 3.95. The van der Waals surface area contributed by atoms with Crippen molar-refractivity contribution in [3.8, 4) is 0 Å². The van der Waals surface area contributed by atoms with Gasteiger partial charge in [0.15, 0.2) is 6.04 Å². The Balaban J connectivity index is 3.38. The van der Waals surface area contributed by atoms with Crippen LogP contribution in [-0.4, -0.2) is 29.4 Å². The number of rotatable bonds is 4. The van der Waals surface area contributed by atoms with E-state index in [1.165, 1.54) is 6.07 Å². The van der Waals surface area contributed by atoms with Crippen LogP contribution in [0.4, 0.5) is 13.2 Å². The first kappa shape index (κ1) is 14.0. The zero-order valence-electron chi connectivity index (χ0n) is 9.31. The number of alkyl halides is 3. The number of nitrogens with zero attached hydrogens (tertiary/aromatic N) is 1. The largest absolute Gasteiger partial charge is 0.479 e. The average molecular weight is 261 g/mol. The lowest BCUT2D eigenvalue weighted by molar-refractivity contribution is -0.148. The van der Waals surface area contributed by atoms with Gasteiger partial charge in [-0.05, 0) is 11.6 Å². The molecule has 0 aliphatic heterocycles. The number of carbonyl (C=O) groups excluding carboxylic acids is 1. The van der Waals surface area contributed by atoms with Crippen LogP contribution in [0.15, 0.2) is 24.3 Å². The van der Waals surface area contributed by atoms with Gasteiger partial charge in [-0.2, -0.15) is 13.2 Å². The lowest BCUT2D eigenvalue weighted by Gasteiger charge is -2.23. The molecule has 1 atom stereocenters. The summed E-state index contributed by atoms with van der Waals surface area (Å²) < 4.78 is 38.2. The van der Waals surface area contributed by atoms with Gasteiger partial charge in [0, 0.05) is 7.05 Å². The van der Waals surface area contributed by atoms with Gasteiger partial charge in [-0.1, -0.05) is 18.2 Å². The predicted molar refractivity (Wildman–Crippen MR) is 55.6 cm³/mol. The maximum Gasteiger partial charge on any atom is 0.416 e. The van der Waals surface area contributed by atoms with Gasteiger partial charge in [-0.3, -0.25) is 4.79 Å². The third-order valence-corrected chi connectivity index (χ3v) is 2.37. The Hall–Kier alpha value is -2.05. The molecule has 1 unspecified atom stereocenters. The summed E-state index contributed by atoms with van der Waals surface area (Å²) in [7, 11) is 1.11. The second kappa shape index (κ2) is 5.07. The second-order valence-corrected chi connectivity index (χ2v) is 3.60. The van der Waals surface area contributed by atoms with Crippen LogP contribution in [0.5, 0.6) is 0 Å². The highest BCUT2D eigenvalue weighted by molar-refractivity contribution is 5.78. The average Bonchev–Trinajstić information content (AvgIpc) is 2.27. The van der Waals surface area contributed by atoms with Gasteiger partial charge in [-0.25, -0.2) is 4.79 Å². The molecule has 1 aromatic carbocycles. The van der Waals surface area contributed by atoms with Gasteiger partial charge in [0.1, 0.15) is 0 Å². The summed E-state index contributed by atoms with van der Waals surface area (Å²) in [5, 5.41) is 8.95. The van der Waals surface area contributed by atoms with Gasteiger partial charge in [0.05, 0.1) is 5.56 Å². The fourth-order valence-corrected chi connectivity index (χ4v) is 1.58. The standard InChI is InChI=1S/C11H10F3NO3/c1-15(6-16)9(10(17)18)7-4-2-3-5-8(7)11(12,13)14/h2-6,9H,1H3,(H,17,18). The summed E-state index contributed by atoms with van der Waals surface area (Å²) in [6.45, 7) is 0. The molecule has 0 spiro atoms. The molecule has 7 heteroatoms. The molecule has 0 aliphatic carbocycles. The molecule has 0 bridgehead atoms. The lowest BCUT2D eigenvalue weighted by Crippen LogP contribution is -2.31. The molecular weight excluding hydrogens is 251 g/mol. The molecule has 98 valence electrons. The summed E-state index contributed by atoms with van der Waals surface area (Å²) in [6.07, 6.45) is -4.50. The summed E-state index contributed by atoms with van der Waals surface area (Å²) in [6, 6.07) is 2.61. The third-order valence-electron chi connectivity index (χ3n) is 2.37.